The summed E-state index contributed by atoms with van der Waals surface area (Å²) in [7, 11) is 0. The van der Waals surface area contributed by atoms with Gasteiger partial charge in [0.25, 0.3) is 0 Å². The average molecular weight is 562 g/mol. The molecule has 11 nitrogen and oxygen atoms in total. The Kier molecular flexibility index (Phi) is 7.09. The van der Waals surface area contributed by atoms with Crippen molar-refractivity contribution in [1.82, 2.24) is 15.0 Å². The Morgan fingerprint density at radius 3 is 2.10 bits per heavy atom. The van der Waals surface area contributed by atoms with Crippen LogP contribution >= 0.6 is 23.1 Å². The molecule has 1 aliphatic rings. The van der Waals surface area contributed by atoms with Gasteiger partial charge in [-0.05, 0) is 48.9 Å². The molecule has 4 aromatic heterocycles. The molecular weight excluding hydrogens is 542 g/mol. The van der Waals surface area contributed by atoms with Gasteiger partial charge >= 0.3 is 11.9 Å². The molecule has 4 aromatic rings. The van der Waals surface area contributed by atoms with E-state index in [2.05, 4.69) is 15.0 Å². The van der Waals surface area contributed by atoms with Crippen LogP contribution in [0.5, 0.6) is 11.5 Å². The lowest BCUT2D eigenvalue weighted by Crippen LogP contribution is -2.15. The number of nitrogens with one attached hydrogen (secondary N) is 2. The fourth-order valence-electron chi connectivity index (χ4n) is 3.82. The summed E-state index contributed by atoms with van der Waals surface area (Å²) in [6, 6.07) is 8.85. The van der Waals surface area contributed by atoms with E-state index >= 15 is 0 Å². The van der Waals surface area contributed by atoms with E-state index in [4.69, 9.17) is 20.3 Å². The van der Waals surface area contributed by atoms with Gasteiger partial charge in [-0.2, -0.15) is 0 Å². The minimum absolute atomic E-state index is 0.00775. The molecule has 0 saturated heterocycles. The molecule has 0 amide bonds. The van der Waals surface area contributed by atoms with Crippen LogP contribution in [-0.4, -0.2) is 60.4 Å². The average Bonchev–Trinajstić information content (AvgIpc) is 3.32. The second-order valence-corrected chi connectivity index (χ2v) is 10.4. The third-order valence-corrected chi connectivity index (χ3v) is 7.55. The number of aromatic nitrogens is 3. The third-order valence-electron chi connectivity index (χ3n) is 5.49. The zero-order chi connectivity index (χ0) is 27.7. The van der Waals surface area contributed by atoms with Crippen molar-refractivity contribution in [3.05, 3.63) is 64.8 Å². The second-order valence-electron chi connectivity index (χ2n) is 8.20. The van der Waals surface area contributed by atoms with Crippen LogP contribution < -0.4 is 9.47 Å². The van der Waals surface area contributed by atoms with Crippen molar-refractivity contribution < 1.29 is 29.3 Å². The number of aromatic carboxylic acids is 2. The van der Waals surface area contributed by atoms with Crippen molar-refractivity contribution in [3.8, 4) is 44.7 Å². The fourth-order valence-corrected chi connectivity index (χ4v) is 5.59. The lowest BCUT2D eigenvalue weighted by molar-refractivity contribution is 0.0686. The first kappa shape index (κ1) is 26.0. The predicted octanol–water partition coefficient (Wildman–Crippen LogP) is 5.16. The zero-order valence-electron chi connectivity index (χ0n) is 20.2. The van der Waals surface area contributed by atoms with Crippen LogP contribution in [-0.2, 0) is 0 Å². The summed E-state index contributed by atoms with van der Waals surface area (Å²) in [6.45, 7) is 2.28. The Hall–Kier alpha value is -4.62. The van der Waals surface area contributed by atoms with Gasteiger partial charge in [0.2, 0.25) is 0 Å². The first-order valence-corrected chi connectivity index (χ1v) is 13.0. The number of pyridine rings is 3. The molecule has 0 fully saturated rings. The number of hydrogen-bond acceptors (Lipinski definition) is 11. The fraction of sp³-hybridized carbons (Fsp3) is 0.115. The summed E-state index contributed by atoms with van der Waals surface area (Å²) >= 11 is 2.31. The van der Waals surface area contributed by atoms with Gasteiger partial charge in [0, 0.05) is 12.4 Å². The normalized spacial score (nSPS) is 12.1. The maximum atomic E-state index is 11.9. The van der Waals surface area contributed by atoms with Crippen molar-refractivity contribution in [2.45, 2.75) is 6.92 Å². The van der Waals surface area contributed by atoms with E-state index in [1.54, 1.807) is 25.3 Å². The Balaban J connectivity index is 1.61. The third kappa shape index (κ3) is 5.35. The molecule has 5 heterocycles. The number of nitrogens with zero attached hydrogens (tertiary/aromatic N) is 3. The summed E-state index contributed by atoms with van der Waals surface area (Å²) in [5.74, 6) is -1.38. The Morgan fingerprint density at radius 1 is 0.872 bits per heavy atom. The molecule has 0 spiro atoms. The SMILES string of the molecule is CC(=N)SC(=N)c1sc(-c2ccnc(-c3cc(C(=O)O)cc(-c4cc(C(=O)O)ccn4)n3)c2)c2c1OCCO2. The summed E-state index contributed by atoms with van der Waals surface area (Å²) in [5, 5.41) is 35.7. The topological polar surface area (TPSA) is 179 Å². The Bertz CT molecular complexity index is 1670. The maximum absolute atomic E-state index is 11.9. The van der Waals surface area contributed by atoms with Crippen LogP contribution in [0.4, 0.5) is 0 Å². The maximum Gasteiger partial charge on any atom is 0.335 e. The molecule has 0 radical (unpaired) electrons. The van der Waals surface area contributed by atoms with E-state index in [1.807, 2.05) is 0 Å². The summed E-state index contributed by atoms with van der Waals surface area (Å²) in [6.07, 6.45) is 2.88. The molecule has 39 heavy (non-hydrogen) atoms. The van der Waals surface area contributed by atoms with E-state index in [0.29, 0.717) is 45.7 Å². The molecule has 13 heteroatoms. The van der Waals surface area contributed by atoms with Crippen molar-refractivity contribution >= 4 is 45.1 Å². The van der Waals surface area contributed by atoms with Crippen molar-refractivity contribution in [2.24, 2.45) is 0 Å². The van der Waals surface area contributed by atoms with Gasteiger partial charge in [0.1, 0.15) is 23.1 Å². The summed E-state index contributed by atoms with van der Waals surface area (Å²) < 4.78 is 11.7. The molecule has 0 aromatic carbocycles. The van der Waals surface area contributed by atoms with Gasteiger partial charge in [-0.15, -0.1) is 11.3 Å². The first-order chi connectivity index (χ1) is 18.7. The number of thioether (sulfide) groups is 1. The van der Waals surface area contributed by atoms with Gasteiger partial charge < -0.3 is 19.7 Å². The highest BCUT2D eigenvalue weighted by molar-refractivity contribution is 8.27. The van der Waals surface area contributed by atoms with Crippen LogP contribution in [0.2, 0.25) is 0 Å². The van der Waals surface area contributed by atoms with E-state index in [9.17, 15) is 19.8 Å². The largest absolute Gasteiger partial charge is 0.485 e. The number of ether oxygens (including phenoxy) is 2. The molecule has 0 bridgehead atoms. The molecule has 5 rings (SSSR count). The van der Waals surface area contributed by atoms with Gasteiger partial charge in [-0.1, -0.05) is 11.8 Å². The van der Waals surface area contributed by atoms with Gasteiger partial charge in [0.15, 0.2) is 11.5 Å². The van der Waals surface area contributed by atoms with Crippen LogP contribution in [0, 0.1) is 10.8 Å². The summed E-state index contributed by atoms with van der Waals surface area (Å²) in [5.41, 5.74) is 1.62. The van der Waals surface area contributed by atoms with Crippen LogP contribution in [0.3, 0.4) is 0 Å². The van der Waals surface area contributed by atoms with E-state index in [-0.39, 0.29) is 38.3 Å². The number of carboxylic acid groups (broad SMARTS) is 2. The number of carboxylic acids is 2. The predicted molar refractivity (Wildman–Crippen MR) is 147 cm³/mol. The number of carbonyl (C=O) groups is 2. The van der Waals surface area contributed by atoms with Gasteiger partial charge in [0.05, 0.1) is 43.8 Å². The Morgan fingerprint density at radius 2 is 1.46 bits per heavy atom. The smallest absolute Gasteiger partial charge is 0.335 e. The summed E-state index contributed by atoms with van der Waals surface area (Å²) in [4.78, 5) is 37.7. The minimum atomic E-state index is -1.19. The lowest BCUT2D eigenvalue weighted by atomic mass is 10.1. The van der Waals surface area contributed by atoms with Crippen LogP contribution in [0.25, 0.3) is 33.2 Å². The standard InChI is InChI=1S/C26H19N5O6S2/c1-12(27)38-24(28)23-21-20(36-6-7-37-21)22(39-23)13-2-4-29-16(8-13)18-10-15(26(34)35)11-19(31-18)17-9-14(25(32)33)3-5-30-17/h2-5,8-11,27-28H,6-7H2,1H3,(H,32,33)(H,34,35). The monoisotopic (exact) mass is 561 g/mol. The van der Waals surface area contributed by atoms with Gasteiger partial charge in [-0.3, -0.25) is 20.8 Å². The number of fused-ring (bicyclic) bond motifs is 1. The molecule has 0 saturated carbocycles. The molecule has 0 unspecified atom stereocenters. The zero-order valence-corrected chi connectivity index (χ0v) is 21.9. The number of thiophene rings is 1. The van der Waals surface area contributed by atoms with Crippen molar-refractivity contribution in [2.75, 3.05) is 13.2 Å². The highest BCUT2D eigenvalue weighted by Crippen LogP contribution is 2.50. The molecule has 0 atom stereocenters. The minimum Gasteiger partial charge on any atom is -0.485 e. The number of rotatable bonds is 6. The highest BCUT2D eigenvalue weighted by atomic mass is 32.2. The van der Waals surface area contributed by atoms with E-state index in [0.717, 1.165) is 11.8 Å². The molecule has 4 N–H and O–H groups in total. The molecular formula is C26H19N5O6S2. The number of hydrogen-bond donors (Lipinski definition) is 4. The molecule has 0 aliphatic carbocycles. The molecule has 1 aliphatic heterocycles. The van der Waals surface area contributed by atoms with Crippen LogP contribution in [0.1, 0.15) is 32.5 Å². The van der Waals surface area contributed by atoms with Crippen molar-refractivity contribution in [3.63, 3.8) is 0 Å². The van der Waals surface area contributed by atoms with Crippen molar-refractivity contribution in [1.29, 1.82) is 10.8 Å². The van der Waals surface area contributed by atoms with E-state index in [1.165, 1.54) is 41.8 Å². The highest BCUT2D eigenvalue weighted by Gasteiger charge is 2.28. The Labute approximate surface area is 229 Å². The first-order valence-electron chi connectivity index (χ1n) is 11.4. The quantitative estimate of drug-likeness (QED) is 0.181. The lowest BCUT2D eigenvalue weighted by Gasteiger charge is -2.17. The molecule has 196 valence electrons. The van der Waals surface area contributed by atoms with Crippen LogP contribution in [0.15, 0.2) is 48.8 Å². The van der Waals surface area contributed by atoms with E-state index < -0.39 is 11.9 Å². The second kappa shape index (κ2) is 10.6. The van der Waals surface area contributed by atoms with Gasteiger partial charge in [-0.25, -0.2) is 14.6 Å².